The van der Waals surface area contributed by atoms with E-state index in [0.717, 1.165) is 12.8 Å². The molecule has 2 nitrogen and oxygen atoms in total. The fraction of sp³-hybridized carbons (Fsp3) is 0.500. The number of hydrogen-bond acceptors (Lipinski definition) is 2. The lowest BCUT2D eigenvalue weighted by Crippen LogP contribution is -2.43. The molecule has 2 saturated heterocycles. The van der Waals surface area contributed by atoms with Gasteiger partial charge in [-0.15, -0.1) is 0 Å². The molecule has 1 unspecified atom stereocenters. The van der Waals surface area contributed by atoms with Crippen LogP contribution in [0.25, 0.3) is 0 Å². The molecule has 138 valence electrons. The van der Waals surface area contributed by atoms with Gasteiger partial charge in [0.25, 0.3) is 0 Å². The Kier molecular flexibility index (Phi) is 4.45. The molecule has 26 heavy (non-hydrogen) atoms. The first-order valence-corrected chi connectivity index (χ1v) is 9.86. The van der Waals surface area contributed by atoms with Crippen LogP contribution in [0, 0.1) is 12.8 Å². The predicted octanol–water partition coefficient (Wildman–Crippen LogP) is 5.64. The van der Waals surface area contributed by atoms with Crippen LogP contribution in [0.15, 0.2) is 54.6 Å². The summed E-state index contributed by atoms with van der Waals surface area (Å²) in [5.41, 5.74) is 3.65. The fourth-order valence-electron chi connectivity index (χ4n) is 5.05. The van der Waals surface area contributed by atoms with Gasteiger partial charge in [-0.3, -0.25) is 0 Å². The Balaban J connectivity index is 1.56. The second kappa shape index (κ2) is 6.51. The minimum absolute atomic E-state index is 0.119. The molecule has 2 fully saturated rings. The fourth-order valence-corrected chi connectivity index (χ4v) is 5.05. The van der Waals surface area contributed by atoms with Crippen molar-refractivity contribution >= 4 is 0 Å². The van der Waals surface area contributed by atoms with Crippen molar-refractivity contribution in [2.24, 2.45) is 5.92 Å². The monoisotopic (exact) mass is 350 g/mol. The van der Waals surface area contributed by atoms with Crippen molar-refractivity contribution in [3.8, 4) is 0 Å². The highest BCUT2D eigenvalue weighted by molar-refractivity contribution is 5.31. The highest BCUT2D eigenvalue weighted by Crippen LogP contribution is 2.61. The van der Waals surface area contributed by atoms with Gasteiger partial charge >= 0.3 is 0 Å². The molecule has 2 aromatic carbocycles. The maximum Gasteiger partial charge on any atom is 0.0931 e. The van der Waals surface area contributed by atoms with Crippen LogP contribution < -0.4 is 0 Å². The lowest BCUT2D eigenvalue weighted by molar-refractivity contribution is -0.0972. The number of fused-ring (bicyclic) bond motifs is 2. The first kappa shape index (κ1) is 17.8. The Morgan fingerprint density at radius 1 is 1.04 bits per heavy atom. The molecule has 2 bridgehead atoms. The average Bonchev–Trinajstić information content (AvgIpc) is 3.11. The third-order valence-electron chi connectivity index (χ3n) is 6.69. The van der Waals surface area contributed by atoms with Crippen molar-refractivity contribution in [1.29, 1.82) is 0 Å². The number of benzene rings is 2. The number of ether oxygens (including phenoxy) is 2. The summed E-state index contributed by atoms with van der Waals surface area (Å²) in [4.78, 5) is 0. The maximum atomic E-state index is 6.78. The van der Waals surface area contributed by atoms with Crippen LogP contribution in [0.4, 0.5) is 0 Å². The first-order chi connectivity index (χ1) is 12.4. The molecule has 4 atom stereocenters. The van der Waals surface area contributed by atoms with Crippen LogP contribution >= 0.6 is 0 Å². The number of hydrogen-bond donors (Lipinski definition) is 0. The minimum Gasteiger partial charge on any atom is -0.370 e. The Hall–Kier alpha value is -1.64. The van der Waals surface area contributed by atoms with E-state index in [0.29, 0.717) is 18.4 Å². The van der Waals surface area contributed by atoms with Crippen molar-refractivity contribution in [3.05, 3.63) is 71.3 Å². The summed E-state index contributed by atoms with van der Waals surface area (Å²) >= 11 is 0. The van der Waals surface area contributed by atoms with Crippen molar-refractivity contribution in [1.82, 2.24) is 0 Å². The molecule has 4 rings (SSSR count). The second-order valence-corrected chi connectivity index (χ2v) is 8.62. The van der Waals surface area contributed by atoms with Gasteiger partial charge in [-0.25, -0.2) is 0 Å². The van der Waals surface area contributed by atoms with E-state index in [2.05, 4.69) is 82.3 Å². The van der Waals surface area contributed by atoms with Gasteiger partial charge in [0.05, 0.1) is 23.9 Å². The highest BCUT2D eigenvalue weighted by atomic mass is 16.6. The van der Waals surface area contributed by atoms with Crippen LogP contribution in [0.1, 0.15) is 56.2 Å². The van der Waals surface area contributed by atoms with Gasteiger partial charge in [0.2, 0.25) is 0 Å². The van der Waals surface area contributed by atoms with Gasteiger partial charge < -0.3 is 9.47 Å². The quantitative estimate of drug-likeness (QED) is 0.694. The van der Waals surface area contributed by atoms with Gasteiger partial charge in [0, 0.05) is 12.3 Å². The van der Waals surface area contributed by atoms with Gasteiger partial charge in [-0.05, 0) is 42.9 Å². The second-order valence-electron chi connectivity index (χ2n) is 8.62. The minimum atomic E-state index is -0.201. The van der Waals surface area contributed by atoms with E-state index in [1.54, 1.807) is 0 Å². The molecule has 2 aromatic rings. The highest BCUT2D eigenvalue weighted by Gasteiger charge is 2.65. The summed E-state index contributed by atoms with van der Waals surface area (Å²) < 4.78 is 13.2. The Morgan fingerprint density at radius 3 is 2.42 bits per heavy atom. The molecular formula is C24H30O2. The lowest BCUT2D eigenvalue weighted by atomic mass is 9.66. The molecule has 2 aliphatic heterocycles. The molecule has 0 aliphatic carbocycles. The van der Waals surface area contributed by atoms with E-state index in [1.165, 1.54) is 16.7 Å². The predicted molar refractivity (Wildman–Crippen MR) is 105 cm³/mol. The summed E-state index contributed by atoms with van der Waals surface area (Å²) in [7, 11) is 0. The van der Waals surface area contributed by atoms with Gasteiger partial charge in [0.1, 0.15) is 0 Å². The van der Waals surface area contributed by atoms with Crippen molar-refractivity contribution in [3.63, 3.8) is 0 Å². The summed E-state index contributed by atoms with van der Waals surface area (Å²) in [5.74, 6) is 0.911. The van der Waals surface area contributed by atoms with Crippen molar-refractivity contribution < 1.29 is 9.47 Å². The van der Waals surface area contributed by atoms with Crippen LogP contribution in [-0.4, -0.2) is 17.3 Å². The molecule has 2 heterocycles. The average molecular weight is 351 g/mol. The van der Waals surface area contributed by atoms with Gasteiger partial charge in [0.15, 0.2) is 0 Å². The number of aryl methyl sites for hydroxylation is 1. The molecule has 0 spiro atoms. The van der Waals surface area contributed by atoms with E-state index < -0.39 is 0 Å². The van der Waals surface area contributed by atoms with E-state index in [9.17, 15) is 0 Å². The Bertz CT molecular complexity index is 769. The van der Waals surface area contributed by atoms with Crippen LogP contribution in [0.2, 0.25) is 0 Å². The van der Waals surface area contributed by atoms with Crippen LogP contribution in [0.3, 0.4) is 0 Å². The summed E-state index contributed by atoms with van der Waals surface area (Å²) in [6.45, 7) is 9.67. The van der Waals surface area contributed by atoms with Crippen molar-refractivity contribution in [2.75, 3.05) is 0 Å². The molecule has 0 saturated carbocycles. The van der Waals surface area contributed by atoms with Gasteiger partial charge in [-0.1, -0.05) is 68.4 Å². The summed E-state index contributed by atoms with van der Waals surface area (Å²) in [6, 6.07) is 19.4. The zero-order chi connectivity index (χ0) is 18.4. The Labute approximate surface area is 157 Å². The van der Waals surface area contributed by atoms with E-state index >= 15 is 0 Å². The zero-order valence-corrected chi connectivity index (χ0v) is 16.4. The number of rotatable bonds is 5. The first-order valence-electron chi connectivity index (χ1n) is 9.86. The molecule has 0 N–H and O–H groups in total. The van der Waals surface area contributed by atoms with E-state index in [-0.39, 0.29) is 17.3 Å². The van der Waals surface area contributed by atoms with Crippen LogP contribution in [-0.2, 0) is 16.1 Å². The summed E-state index contributed by atoms with van der Waals surface area (Å²) in [6.07, 6.45) is 2.17. The molecule has 0 radical (unpaired) electrons. The van der Waals surface area contributed by atoms with Gasteiger partial charge in [-0.2, -0.15) is 0 Å². The normalized spacial score (nSPS) is 33.1. The zero-order valence-electron chi connectivity index (χ0n) is 16.4. The smallest absolute Gasteiger partial charge is 0.0931 e. The molecule has 2 aliphatic rings. The molecular weight excluding hydrogens is 320 g/mol. The largest absolute Gasteiger partial charge is 0.370 e. The molecule has 0 amide bonds. The Morgan fingerprint density at radius 2 is 1.73 bits per heavy atom. The van der Waals surface area contributed by atoms with E-state index in [4.69, 9.17) is 9.47 Å². The van der Waals surface area contributed by atoms with E-state index in [1.807, 2.05) is 0 Å². The maximum absolute atomic E-state index is 6.78. The third-order valence-corrected chi connectivity index (χ3v) is 6.69. The topological polar surface area (TPSA) is 18.5 Å². The molecule has 0 aromatic heterocycles. The van der Waals surface area contributed by atoms with Crippen molar-refractivity contribution in [2.45, 2.75) is 70.4 Å². The summed E-state index contributed by atoms with van der Waals surface area (Å²) in [5, 5.41) is 0. The molecule has 2 heteroatoms. The third kappa shape index (κ3) is 2.80. The van der Waals surface area contributed by atoms with Crippen LogP contribution in [0.5, 0.6) is 0 Å². The lowest BCUT2D eigenvalue weighted by Gasteiger charge is -2.39. The SMILES string of the molecule is Cc1ccccc1CO[C@@H]1C[C@]2(C(C)C)O[C@@]1(C)CC2c1ccccc1. The standard InChI is InChI=1S/C24H30O2/c1-17(2)24-15-22(25-16-20-13-9-8-10-18(20)3)23(4,26-24)14-21(24)19-11-6-5-7-12-19/h5-13,17,21-22H,14-16H2,1-4H3/t21?,22-,23+,24-/m1/s1.